The van der Waals surface area contributed by atoms with Crippen LogP contribution in [0.5, 0.6) is 0 Å². The van der Waals surface area contributed by atoms with Crippen LogP contribution in [0, 0.1) is 5.41 Å². The van der Waals surface area contributed by atoms with E-state index in [1.807, 2.05) is 0 Å². The molecule has 0 spiro atoms. The average molecular weight is 562 g/mol. The summed E-state index contributed by atoms with van der Waals surface area (Å²) in [5.74, 6) is -0.488. The van der Waals surface area contributed by atoms with Crippen LogP contribution in [0.1, 0.15) is 13.8 Å². The molecule has 0 aliphatic rings. The molecule has 0 atom stereocenters. The van der Waals surface area contributed by atoms with Crippen LogP contribution in [0.4, 0.5) is 26.2 Å². The maximum Gasteiger partial charge on any atom is 0.411 e. The Balaban J connectivity index is 1.71. The van der Waals surface area contributed by atoms with E-state index in [2.05, 4.69) is 15.4 Å². The van der Waals surface area contributed by atoms with Gasteiger partial charge in [0.15, 0.2) is 0 Å². The molecule has 2 amide bonds. The molecule has 0 fully saturated rings. The summed E-state index contributed by atoms with van der Waals surface area (Å²) in [7, 11) is -2.47. The van der Waals surface area contributed by atoms with Crippen LogP contribution in [0.25, 0.3) is 10.8 Å². The van der Waals surface area contributed by atoms with Gasteiger partial charge in [0.25, 0.3) is 10.0 Å². The van der Waals surface area contributed by atoms with Gasteiger partial charge >= 0.3 is 6.09 Å². The number of fused-ring (bicyclic) bond motifs is 1. The minimum Gasteiger partial charge on any atom is -0.447 e. The lowest BCUT2D eigenvalue weighted by Gasteiger charge is -2.19. The van der Waals surface area contributed by atoms with Crippen LogP contribution < -0.4 is 15.4 Å². The van der Waals surface area contributed by atoms with Gasteiger partial charge < -0.3 is 19.5 Å². The number of methoxy groups -OCH3 is 1. The van der Waals surface area contributed by atoms with E-state index < -0.39 is 34.1 Å². The highest BCUT2D eigenvalue weighted by Crippen LogP contribution is 2.30. The van der Waals surface area contributed by atoms with Crippen molar-refractivity contribution in [2.45, 2.75) is 18.7 Å². The largest absolute Gasteiger partial charge is 0.447 e. The summed E-state index contributed by atoms with van der Waals surface area (Å²) >= 11 is 0. The van der Waals surface area contributed by atoms with Gasteiger partial charge in [0.05, 0.1) is 35.8 Å². The number of ether oxygens (including phenoxy) is 3. The molecule has 0 bridgehead atoms. The van der Waals surface area contributed by atoms with Gasteiger partial charge in [0, 0.05) is 29.3 Å². The molecule has 3 rings (SSSR count). The quantitative estimate of drug-likeness (QED) is 0.256. The Morgan fingerprint density at radius 3 is 2.18 bits per heavy atom. The number of nitrogens with one attached hydrogen (secondary N) is 3. The number of hydrogen-bond donors (Lipinski definition) is 3. The number of sulfonamides is 1. The van der Waals surface area contributed by atoms with E-state index in [-0.39, 0.29) is 23.8 Å². The van der Waals surface area contributed by atoms with Gasteiger partial charge in [-0.25, -0.2) is 17.6 Å². The molecule has 0 unspecified atom stereocenters. The maximum absolute atomic E-state index is 13.3. The number of hydrogen-bond acceptors (Lipinski definition) is 7. The van der Waals surface area contributed by atoms with Crippen molar-refractivity contribution < 1.29 is 36.6 Å². The molecule has 0 radical (unpaired) electrons. The van der Waals surface area contributed by atoms with Gasteiger partial charge in [0.2, 0.25) is 5.91 Å². The Hall–Kier alpha value is -3.74. The van der Waals surface area contributed by atoms with Crippen LogP contribution in [0.2, 0.25) is 0 Å². The second-order valence-corrected chi connectivity index (χ2v) is 10.8. The number of rotatable bonds is 13. The van der Waals surface area contributed by atoms with Crippen LogP contribution in [0.3, 0.4) is 0 Å². The summed E-state index contributed by atoms with van der Waals surface area (Å²) in [6, 6.07) is 15.6. The van der Waals surface area contributed by atoms with Crippen LogP contribution in [0.15, 0.2) is 65.6 Å². The Morgan fingerprint density at radius 1 is 0.846 bits per heavy atom. The molecule has 3 aromatic carbocycles. The second-order valence-electron chi connectivity index (χ2n) is 9.18. The van der Waals surface area contributed by atoms with E-state index in [9.17, 15) is 22.4 Å². The van der Waals surface area contributed by atoms with E-state index in [1.54, 1.807) is 37.4 Å². The molecule has 0 saturated carbocycles. The monoisotopic (exact) mass is 561 g/mol. The van der Waals surface area contributed by atoms with Crippen molar-refractivity contribution in [2.75, 3.05) is 55.6 Å². The first-order valence-corrected chi connectivity index (χ1v) is 13.6. The smallest absolute Gasteiger partial charge is 0.411 e. The van der Waals surface area contributed by atoms with E-state index in [0.717, 1.165) is 0 Å². The highest BCUT2D eigenvalue weighted by molar-refractivity contribution is 7.93. The number of halogens is 1. The first-order chi connectivity index (χ1) is 18.6. The topological polar surface area (TPSA) is 132 Å². The molecule has 3 aromatic rings. The van der Waals surface area contributed by atoms with Crippen LogP contribution >= 0.6 is 0 Å². The molecule has 210 valence electrons. The van der Waals surface area contributed by atoms with Crippen molar-refractivity contribution in [1.82, 2.24) is 0 Å². The number of anilines is 3. The zero-order chi connectivity index (χ0) is 28.5. The molecule has 0 aromatic heterocycles. The lowest BCUT2D eigenvalue weighted by atomic mass is 9.94. The third-order valence-corrected chi connectivity index (χ3v) is 7.08. The summed E-state index contributed by atoms with van der Waals surface area (Å²) in [5, 5.41) is 6.14. The van der Waals surface area contributed by atoms with E-state index in [4.69, 9.17) is 14.2 Å². The summed E-state index contributed by atoms with van der Waals surface area (Å²) in [5.41, 5.74) is -0.136. The summed E-state index contributed by atoms with van der Waals surface area (Å²) < 4.78 is 57.4. The standard InChI is InChI=1S/C27H32FN3O7S/c1-27(2,18-28)25(32)29-19-10-12-20(13-11-19)31-39(34,35)24-9-5-6-21-22(24)7-4-8-23(21)30-26(33)38-17-16-37-15-14-36-3/h4-13,31H,14-18H2,1-3H3,(H,29,32)(H,30,33). The molecular formula is C27H32FN3O7S. The zero-order valence-electron chi connectivity index (χ0n) is 22.0. The molecule has 3 N–H and O–H groups in total. The predicted molar refractivity (Wildman–Crippen MR) is 147 cm³/mol. The second kappa shape index (κ2) is 13.4. The van der Waals surface area contributed by atoms with Gasteiger partial charge in [-0.2, -0.15) is 0 Å². The Kier molecular flexibility index (Phi) is 10.2. The number of amides is 2. The van der Waals surface area contributed by atoms with Gasteiger partial charge in [-0.3, -0.25) is 14.8 Å². The SMILES string of the molecule is COCCOCCOC(=O)Nc1cccc2c(S(=O)(=O)Nc3ccc(NC(=O)C(C)(C)CF)cc3)cccc12. The highest BCUT2D eigenvalue weighted by atomic mass is 32.2. The Morgan fingerprint density at radius 2 is 1.49 bits per heavy atom. The van der Waals surface area contributed by atoms with E-state index in [0.29, 0.717) is 35.4 Å². The molecule has 10 nitrogen and oxygen atoms in total. The van der Waals surface area contributed by atoms with Crippen molar-refractivity contribution in [2.24, 2.45) is 5.41 Å². The van der Waals surface area contributed by atoms with Crippen LogP contribution in [-0.4, -0.2) is 60.6 Å². The number of alkyl halides is 1. The number of carbonyl (C=O) groups excluding carboxylic acids is 2. The Bertz CT molecular complexity index is 1400. The third kappa shape index (κ3) is 8.12. The molecule has 0 aliphatic heterocycles. The first-order valence-electron chi connectivity index (χ1n) is 12.1. The summed E-state index contributed by atoms with van der Waals surface area (Å²) in [6.07, 6.45) is -0.702. The third-order valence-electron chi connectivity index (χ3n) is 5.64. The summed E-state index contributed by atoms with van der Waals surface area (Å²) in [6.45, 7) is 3.23. The van der Waals surface area contributed by atoms with Crippen LogP contribution in [-0.2, 0) is 29.0 Å². The molecular weight excluding hydrogens is 529 g/mol. The molecule has 12 heteroatoms. The highest BCUT2D eigenvalue weighted by Gasteiger charge is 2.27. The van der Waals surface area contributed by atoms with Crippen molar-refractivity contribution in [3.05, 3.63) is 60.7 Å². The first kappa shape index (κ1) is 29.8. The van der Waals surface area contributed by atoms with Crippen molar-refractivity contribution in [3.8, 4) is 0 Å². The normalized spacial score (nSPS) is 11.7. The van der Waals surface area contributed by atoms with E-state index >= 15 is 0 Å². The fourth-order valence-corrected chi connectivity index (χ4v) is 4.68. The zero-order valence-corrected chi connectivity index (χ0v) is 22.8. The molecule has 39 heavy (non-hydrogen) atoms. The fraction of sp³-hybridized carbons (Fsp3) is 0.333. The Labute approximate surface area is 226 Å². The van der Waals surface area contributed by atoms with Crippen molar-refractivity contribution in [1.29, 1.82) is 0 Å². The summed E-state index contributed by atoms with van der Waals surface area (Å²) in [4.78, 5) is 24.4. The van der Waals surface area contributed by atoms with Gasteiger partial charge in [-0.15, -0.1) is 0 Å². The maximum atomic E-state index is 13.3. The number of benzene rings is 3. The van der Waals surface area contributed by atoms with Gasteiger partial charge in [-0.05, 0) is 50.2 Å². The van der Waals surface area contributed by atoms with Crippen molar-refractivity contribution >= 4 is 49.9 Å². The lowest BCUT2D eigenvalue weighted by molar-refractivity contribution is -0.124. The average Bonchev–Trinajstić information content (AvgIpc) is 2.91. The minimum atomic E-state index is -4.03. The predicted octanol–water partition coefficient (Wildman–Crippen LogP) is 4.79. The number of carbonyl (C=O) groups is 2. The van der Waals surface area contributed by atoms with Gasteiger partial charge in [-0.1, -0.05) is 24.3 Å². The fourth-order valence-electron chi connectivity index (χ4n) is 3.40. The molecule has 0 heterocycles. The lowest BCUT2D eigenvalue weighted by Crippen LogP contribution is -2.32. The molecule has 0 aliphatic carbocycles. The van der Waals surface area contributed by atoms with Gasteiger partial charge in [0.1, 0.15) is 13.3 Å². The minimum absolute atomic E-state index is 0.00522. The van der Waals surface area contributed by atoms with E-state index in [1.165, 1.54) is 44.2 Å². The van der Waals surface area contributed by atoms with Crippen molar-refractivity contribution in [3.63, 3.8) is 0 Å². The molecule has 0 saturated heterocycles.